The van der Waals surface area contributed by atoms with Crippen LogP contribution in [-0.4, -0.2) is 39.0 Å². The van der Waals surface area contributed by atoms with E-state index >= 15 is 0 Å². The minimum absolute atomic E-state index is 0.238. The lowest BCUT2D eigenvalue weighted by Gasteiger charge is -2.11. The van der Waals surface area contributed by atoms with E-state index in [1.165, 1.54) is 45.1 Å². The standard InChI is InChI=1S/C13H27NO2/c1-12(11-15-2)16-10-6-4-3-5-9-14-13-7-8-13/h12-14H,3-11H2,1-2H3. The highest BCUT2D eigenvalue weighted by atomic mass is 16.5. The van der Waals surface area contributed by atoms with Gasteiger partial charge in [0.1, 0.15) is 0 Å². The van der Waals surface area contributed by atoms with Gasteiger partial charge in [-0.15, -0.1) is 0 Å². The van der Waals surface area contributed by atoms with E-state index in [4.69, 9.17) is 9.47 Å². The highest BCUT2D eigenvalue weighted by Gasteiger charge is 2.19. The molecule has 0 bridgehead atoms. The molecule has 0 heterocycles. The van der Waals surface area contributed by atoms with Gasteiger partial charge in [0.25, 0.3) is 0 Å². The molecule has 3 heteroatoms. The van der Waals surface area contributed by atoms with Crippen molar-refractivity contribution >= 4 is 0 Å². The van der Waals surface area contributed by atoms with Crippen LogP contribution in [0.5, 0.6) is 0 Å². The normalized spacial score (nSPS) is 17.6. The van der Waals surface area contributed by atoms with E-state index in [2.05, 4.69) is 12.2 Å². The van der Waals surface area contributed by atoms with Crippen molar-refractivity contribution < 1.29 is 9.47 Å². The molecular formula is C13H27NO2. The fraction of sp³-hybridized carbons (Fsp3) is 1.00. The van der Waals surface area contributed by atoms with E-state index < -0.39 is 0 Å². The molecule has 1 unspecified atom stereocenters. The van der Waals surface area contributed by atoms with Crippen LogP contribution in [0.2, 0.25) is 0 Å². The maximum Gasteiger partial charge on any atom is 0.0780 e. The van der Waals surface area contributed by atoms with Crippen LogP contribution in [0.25, 0.3) is 0 Å². The second-order valence-corrected chi connectivity index (χ2v) is 4.78. The Bertz CT molecular complexity index is 160. The van der Waals surface area contributed by atoms with Gasteiger partial charge in [0.2, 0.25) is 0 Å². The Morgan fingerprint density at radius 1 is 1.19 bits per heavy atom. The van der Waals surface area contributed by atoms with Gasteiger partial charge in [0.15, 0.2) is 0 Å². The van der Waals surface area contributed by atoms with Crippen LogP contribution >= 0.6 is 0 Å². The summed E-state index contributed by atoms with van der Waals surface area (Å²) in [6.45, 7) is 4.83. The number of methoxy groups -OCH3 is 1. The summed E-state index contributed by atoms with van der Waals surface area (Å²) in [6, 6.07) is 0.859. The van der Waals surface area contributed by atoms with Crippen LogP contribution < -0.4 is 5.32 Å². The molecule has 0 spiro atoms. The number of hydrogen-bond donors (Lipinski definition) is 1. The van der Waals surface area contributed by atoms with Crippen molar-refractivity contribution in [2.24, 2.45) is 0 Å². The van der Waals surface area contributed by atoms with E-state index in [1.807, 2.05) is 0 Å². The summed E-state index contributed by atoms with van der Waals surface area (Å²) in [5.41, 5.74) is 0. The van der Waals surface area contributed by atoms with Gasteiger partial charge in [-0.2, -0.15) is 0 Å². The third-order valence-corrected chi connectivity index (χ3v) is 2.89. The zero-order valence-corrected chi connectivity index (χ0v) is 10.8. The van der Waals surface area contributed by atoms with Crippen molar-refractivity contribution in [1.29, 1.82) is 0 Å². The van der Waals surface area contributed by atoms with Crippen LogP contribution in [0.1, 0.15) is 45.4 Å². The van der Waals surface area contributed by atoms with Gasteiger partial charge in [-0.25, -0.2) is 0 Å². The Morgan fingerprint density at radius 3 is 2.62 bits per heavy atom. The predicted octanol–water partition coefficient (Wildman–Crippen LogP) is 2.35. The van der Waals surface area contributed by atoms with E-state index in [9.17, 15) is 0 Å². The molecular weight excluding hydrogens is 202 g/mol. The number of nitrogens with one attached hydrogen (secondary N) is 1. The molecule has 0 aromatic carbocycles. The van der Waals surface area contributed by atoms with Crippen molar-refractivity contribution in [1.82, 2.24) is 5.32 Å². The second-order valence-electron chi connectivity index (χ2n) is 4.78. The first-order valence-electron chi connectivity index (χ1n) is 6.67. The van der Waals surface area contributed by atoms with Gasteiger partial charge in [0.05, 0.1) is 12.7 Å². The lowest BCUT2D eigenvalue weighted by atomic mass is 10.2. The van der Waals surface area contributed by atoms with Gasteiger partial charge >= 0.3 is 0 Å². The van der Waals surface area contributed by atoms with Crippen LogP contribution in [0.4, 0.5) is 0 Å². The Balaban J connectivity index is 1.70. The molecule has 1 saturated carbocycles. The van der Waals surface area contributed by atoms with Crippen molar-refractivity contribution in [2.75, 3.05) is 26.9 Å². The van der Waals surface area contributed by atoms with E-state index in [1.54, 1.807) is 7.11 Å². The first kappa shape index (κ1) is 13.9. The summed E-state index contributed by atoms with van der Waals surface area (Å²) in [5, 5.41) is 3.53. The lowest BCUT2D eigenvalue weighted by molar-refractivity contribution is 0.00764. The second kappa shape index (κ2) is 8.97. The maximum absolute atomic E-state index is 5.60. The van der Waals surface area contributed by atoms with E-state index in [0.717, 1.165) is 12.6 Å². The van der Waals surface area contributed by atoms with Gasteiger partial charge in [0, 0.05) is 19.8 Å². The molecule has 96 valence electrons. The quantitative estimate of drug-likeness (QED) is 0.552. The van der Waals surface area contributed by atoms with Gasteiger partial charge in [-0.1, -0.05) is 12.8 Å². The molecule has 0 aromatic heterocycles. The van der Waals surface area contributed by atoms with Crippen LogP contribution in [0.15, 0.2) is 0 Å². The monoisotopic (exact) mass is 229 g/mol. The summed E-state index contributed by atoms with van der Waals surface area (Å²) in [7, 11) is 1.72. The third-order valence-electron chi connectivity index (χ3n) is 2.89. The Kier molecular flexibility index (Phi) is 7.81. The Morgan fingerprint density at radius 2 is 1.94 bits per heavy atom. The molecule has 0 aliphatic heterocycles. The van der Waals surface area contributed by atoms with Crippen molar-refractivity contribution in [3.8, 4) is 0 Å². The molecule has 1 rings (SSSR count). The fourth-order valence-corrected chi connectivity index (χ4v) is 1.74. The summed E-state index contributed by atoms with van der Waals surface area (Å²) in [5.74, 6) is 0. The molecule has 16 heavy (non-hydrogen) atoms. The van der Waals surface area contributed by atoms with Gasteiger partial charge in [-0.05, 0) is 39.2 Å². The number of unbranched alkanes of at least 4 members (excludes halogenated alkanes) is 3. The van der Waals surface area contributed by atoms with Crippen LogP contribution in [0.3, 0.4) is 0 Å². The van der Waals surface area contributed by atoms with Crippen LogP contribution in [0, 0.1) is 0 Å². The number of rotatable bonds is 11. The average molecular weight is 229 g/mol. The minimum Gasteiger partial charge on any atom is -0.382 e. The average Bonchev–Trinajstić information content (AvgIpc) is 3.06. The molecule has 1 atom stereocenters. The zero-order chi connectivity index (χ0) is 11.6. The molecule has 0 aromatic rings. The summed E-state index contributed by atoms with van der Waals surface area (Å²) in [6.07, 6.45) is 8.12. The smallest absolute Gasteiger partial charge is 0.0780 e. The fourth-order valence-electron chi connectivity index (χ4n) is 1.74. The largest absolute Gasteiger partial charge is 0.382 e. The molecule has 1 fully saturated rings. The maximum atomic E-state index is 5.60. The first-order chi connectivity index (χ1) is 7.83. The molecule has 3 nitrogen and oxygen atoms in total. The topological polar surface area (TPSA) is 30.5 Å². The predicted molar refractivity (Wildman–Crippen MR) is 66.8 cm³/mol. The SMILES string of the molecule is COCC(C)OCCCCCCNC1CC1. The molecule has 1 N–H and O–H groups in total. The highest BCUT2D eigenvalue weighted by molar-refractivity contribution is 4.80. The molecule has 1 aliphatic carbocycles. The molecule has 0 saturated heterocycles. The van der Waals surface area contributed by atoms with Gasteiger partial charge in [-0.3, -0.25) is 0 Å². The summed E-state index contributed by atoms with van der Waals surface area (Å²) >= 11 is 0. The van der Waals surface area contributed by atoms with Crippen molar-refractivity contribution in [3.63, 3.8) is 0 Å². The summed E-state index contributed by atoms with van der Waals surface area (Å²) in [4.78, 5) is 0. The van der Waals surface area contributed by atoms with Crippen molar-refractivity contribution in [2.45, 2.75) is 57.6 Å². The zero-order valence-electron chi connectivity index (χ0n) is 10.8. The minimum atomic E-state index is 0.238. The summed E-state index contributed by atoms with van der Waals surface area (Å²) < 4.78 is 10.6. The molecule has 1 aliphatic rings. The van der Waals surface area contributed by atoms with E-state index in [-0.39, 0.29) is 6.10 Å². The molecule has 0 radical (unpaired) electrons. The highest BCUT2D eigenvalue weighted by Crippen LogP contribution is 2.18. The third kappa shape index (κ3) is 8.08. The number of ether oxygens (including phenoxy) is 2. The van der Waals surface area contributed by atoms with Crippen molar-refractivity contribution in [3.05, 3.63) is 0 Å². The molecule has 0 amide bonds. The first-order valence-corrected chi connectivity index (χ1v) is 6.67. The number of hydrogen-bond acceptors (Lipinski definition) is 3. The van der Waals surface area contributed by atoms with E-state index in [0.29, 0.717) is 6.61 Å². The Hall–Kier alpha value is -0.120. The van der Waals surface area contributed by atoms with Gasteiger partial charge < -0.3 is 14.8 Å². The lowest BCUT2D eigenvalue weighted by Crippen LogP contribution is -2.17. The Labute approximate surface area is 99.9 Å². The van der Waals surface area contributed by atoms with Crippen LogP contribution in [-0.2, 0) is 9.47 Å².